The number of aromatic nitrogens is 2. The molecular formula is C16H18FN3O. The van der Waals surface area contributed by atoms with Crippen LogP contribution in [0.4, 0.5) is 4.39 Å². The highest BCUT2D eigenvalue weighted by atomic mass is 19.1. The highest BCUT2D eigenvalue weighted by molar-refractivity contribution is 5.92. The van der Waals surface area contributed by atoms with E-state index >= 15 is 0 Å². The Hall–Kier alpha value is -2.17. The van der Waals surface area contributed by atoms with E-state index in [9.17, 15) is 9.18 Å². The molecule has 0 spiro atoms. The van der Waals surface area contributed by atoms with E-state index in [1.165, 1.54) is 6.07 Å². The van der Waals surface area contributed by atoms with Crippen LogP contribution in [0.3, 0.4) is 0 Å². The van der Waals surface area contributed by atoms with Gasteiger partial charge in [-0.05, 0) is 49.9 Å². The second kappa shape index (κ2) is 5.68. The number of carbonyl (C=O) groups excluding carboxylic acids is 1. The predicted octanol–water partition coefficient (Wildman–Crippen LogP) is 2.70. The molecule has 1 aromatic carbocycles. The average molecular weight is 287 g/mol. The Labute approximate surface area is 123 Å². The highest BCUT2D eigenvalue weighted by Crippen LogP contribution is 2.23. The van der Waals surface area contributed by atoms with Crippen molar-refractivity contribution in [1.29, 1.82) is 0 Å². The van der Waals surface area contributed by atoms with Gasteiger partial charge in [0, 0.05) is 18.3 Å². The van der Waals surface area contributed by atoms with Crippen molar-refractivity contribution in [1.82, 2.24) is 15.1 Å². The average Bonchev–Trinajstić information content (AvgIpc) is 3.07. The van der Waals surface area contributed by atoms with Gasteiger partial charge >= 0.3 is 0 Å². The molecule has 21 heavy (non-hydrogen) atoms. The Kier molecular flexibility index (Phi) is 3.73. The Morgan fingerprint density at radius 1 is 1.48 bits per heavy atom. The van der Waals surface area contributed by atoms with E-state index in [2.05, 4.69) is 10.2 Å². The summed E-state index contributed by atoms with van der Waals surface area (Å²) in [5.41, 5.74) is 2.26. The van der Waals surface area contributed by atoms with Gasteiger partial charge in [-0.3, -0.25) is 9.89 Å². The molecule has 1 unspecified atom stereocenters. The molecule has 1 fully saturated rings. The molecule has 5 heteroatoms. The molecule has 1 amide bonds. The monoisotopic (exact) mass is 287 g/mol. The molecular weight excluding hydrogens is 269 g/mol. The van der Waals surface area contributed by atoms with Crippen LogP contribution in [-0.4, -0.2) is 33.6 Å². The van der Waals surface area contributed by atoms with Gasteiger partial charge in [0.2, 0.25) is 0 Å². The van der Waals surface area contributed by atoms with Gasteiger partial charge in [-0.1, -0.05) is 12.1 Å². The van der Waals surface area contributed by atoms with Crippen LogP contribution in [0.25, 0.3) is 0 Å². The van der Waals surface area contributed by atoms with Gasteiger partial charge in [-0.25, -0.2) is 4.39 Å². The van der Waals surface area contributed by atoms with Gasteiger partial charge < -0.3 is 4.90 Å². The number of H-pyrrole nitrogens is 1. The molecule has 1 atom stereocenters. The molecule has 0 radical (unpaired) electrons. The molecule has 1 aromatic heterocycles. The van der Waals surface area contributed by atoms with Gasteiger partial charge in [-0.15, -0.1) is 0 Å². The number of likely N-dealkylation sites (tertiary alicyclic amines) is 1. The minimum Gasteiger partial charge on any atom is -0.334 e. The first-order valence-electron chi connectivity index (χ1n) is 7.21. The number of nitrogens with zero attached hydrogens (tertiary/aromatic N) is 2. The number of hydrogen-bond acceptors (Lipinski definition) is 2. The Morgan fingerprint density at radius 2 is 2.33 bits per heavy atom. The Balaban J connectivity index is 1.75. The summed E-state index contributed by atoms with van der Waals surface area (Å²) in [6.07, 6.45) is 2.62. The Morgan fingerprint density at radius 3 is 3.05 bits per heavy atom. The minimum atomic E-state index is -0.230. The third-order valence-corrected chi connectivity index (χ3v) is 3.92. The maximum Gasteiger partial charge on any atom is 0.274 e. The zero-order valence-electron chi connectivity index (χ0n) is 12.0. The fourth-order valence-corrected chi connectivity index (χ4v) is 2.93. The van der Waals surface area contributed by atoms with E-state index < -0.39 is 0 Å². The van der Waals surface area contributed by atoms with Crippen LogP contribution in [0.15, 0.2) is 30.3 Å². The molecule has 1 N–H and O–H groups in total. The number of amides is 1. The van der Waals surface area contributed by atoms with Crippen LogP contribution >= 0.6 is 0 Å². The normalized spacial score (nSPS) is 18.2. The van der Waals surface area contributed by atoms with Crippen LogP contribution in [0.5, 0.6) is 0 Å². The largest absolute Gasteiger partial charge is 0.334 e. The van der Waals surface area contributed by atoms with Crippen LogP contribution in [0.2, 0.25) is 0 Å². The van der Waals surface area contributed by atoms with Crippen molar-refractivity contribution in [3.63, 3.8) is 0 Å². The third kappa shape index (κ3) is 2.96. The van der Waals surface area contributed by atoms with Crippen molar-refractivity contribution in [2.24, 2.45) is 0 Å². The number of carbonyl (C=O) groups is 1. The van der Waals surface area contributed by atoms with Crippen molar-refractivity contribution >= 4 is 5.91 Å². The van der Waals surface area contributed by atoms with Gasteiger partial charge in [0.05, 0.1) is 0 Å². The third-order valence-electron chi connectivity index (χ3n) is 3.92. The summed E-state index contributed by atoms with van der Waals surface area (Å²) in [7, 11) is 0. The topological polar surface area (TPSA) is 49.0 Å². The predicted molar refractivity (Wildman–Crippen MR) is 77.5 cm³/mol. The highest BCUT2D eigenvalue weighted by Gasteiger charge is 2.30. The van der Waals surface area contributed by atoms with Gasteiger partial charge in [0.1, 0.15) is 11.5 Å². The summed E-state index contributed by atoms with van der Waals surface area (Å²) < 4.78 is 13.3. The number of aryl methyl sites for hydroxylation is 1. The Bertz CT molecular complexity index is 652. The number of aromatic amines is 1. The SMILES string of the molecule is Cc1cc(C(=O)N2CCCC2Cc2cccc(F)c2)n[nH]1. The maximum atomic E-state index is 13.3. The maximum absolute atomic E-state index is 13.3. The zero-order valence-corrected chi connectivity index (χ0v) is 12.0. The van der Waals surface area contributed by atoms with E-state index in [-0.39, 0.29) is 17.8 Å². The summed E-state index contributed by atoms with van der Waals surface area (Å²) in [6.45, 7) is 2.61. The lowest BCUT2D eigenvalue weighted by Gasteiger charge is -2.24. The number of rotatable bonds is 3. The van der Waals surface area contributed by atoms with Crippen LogP contribution in [0, 0.1) is 12.7 Å². The van der Waals surface area contributed by atoms with Crippen molar-refractivity contribution in [3.05, 3.63) is 53.1 Å². The van der Waals surface area contributed by atoms with E-state index in [1.807, 2.05) is 17.9 Å². The van der Waals surface area contributed by atoms with E-state index in [4.69, 9.17) is 0 Å². The quantitative estimate of drug-likeness (QED) is 0.943. The summed E-state index contributed by atoms with van der Waals surface area (Å²) in [5.74, 6) is -0.274. The molecule has 2 heterocycles. The molecule has 110 valence electrons. The van der Waals surface area contributed by atoms with Crippen molar-refractivity contribution in [2.75, 3.05) is 6.54 Å². The first-order valence-corrected chi connectivity index (χ1v) is 7.21. The smallest absolute Gasteiger partial charge is 0.274 e. The van der Waals surface area contributed by atoms with Gasteiger partial charge in [-0.2, -0.15) is 5.10 Å². The van der Waals surface area contributed by atoms with Crippen LogP contribution in [-0.2, 0) is 6.42 Å². The molecule has 2 aromatic rings. The van der Waals surface area contributed by atoms with Crippen molar-refractivity contribution in [3.8, 4) is 0 Å². The van der Waals surface area contributed by atoms with E-state index in [0.29, 0.717) is 12.1 Å². The van der Waals surface area contributed by atoms with E-state index in [1.54, 1.807) is 18.2 Å². The van der Waals surface area contributed by atoms with Crippen molar-refractivity contribution < 1.29 is 9.18 Å². The lowest BCUT2D eigenvalue weighted by Crippen LogP contribution is -2.37. The molecule has 3 rings (SSSR count). The summed E-state index contributed by atoms with van der Waals surface area (Å²) in [4.78, 5) is 14.4. The summed E-state index contributed by atoms with van der Waals surface area (Å²) in [5, 5.41) is 6.84. The molecule has 1 saturated heterocycles. The second-order valence-electron chi connectivity index (χ2n) is 5.56. The first kappa shape index (κ1) is 13.8. The number of halogens is 1. The standard InChI is InChI=1S/C16H18FN3O/c1-11-8-15(19-18-11)16(21)20-7-3-6-14(20)10-12-4-2-5-13(17)9-12/h2,4-5,8-9,14H,3,6-7,10H2,1H3,(H,18,19). The van der Waals surface area contributed by atoms with Crippen molar-refractivity contribution in [2.45, 2.75) is 32.2 Å². The van der Waals surface area contributed by atoms with Gasteiger partial charge in [0.15, 0.2) is 0 Å². The second-order valence-corrected chi connectivity index (χ2v) is 5.56. The molecule has 4 nitrogen and oxygen atoms in total. The number of hydrogen-bond donors (Lipinski definition) is 1. The summed E-state index contributed by atoms with van der Waals surface area (Å²) >= 11 is 0. The lowest BCUT2D eigenvalue weighted by atomic mass is 10.0. The first-order chi connectivity index (χ1) is 10.1. The number of benzene rings is 1. The molecule has 0 saturated carbocycles. The molecule has 1 aliphatic heterocycles. The summed E-state index contributed by atoms with van der Waals surface area (Å²) in [6, 6.07) is 8.48. The molecule has 0 aliphatic carbocycles. The lowest BCUT2D eigenvalue weighted by molar-refractivity contribution is 0.0730. The fourth-order valence-electron chi connectivity index (χ4n) is 2.93. The van der Waals surface area contributed by atoms with E-state index in [0.717, 1.165) is 30.6 Å². The van der Waals surface area contributed by atoms with Crippen LogP contribution < -0.4 is 0 Å². The van der Waals surface area contributed by atoms with Crippen LogP contribution in [0.1, 0.15) is 34.6 Å². The molecule has 1 aliphatic rings. The number of nitrogens with one attached hydrogen (secondary N) is 1. The minimum absolute atomic E-state index is 0.0433. The zero-order chi connectivity index (χ0) is 14.8. The van der Waals surface area contributed by atoms with Gasteiger partial charge in [0.25, 0.3) is 5.91 Å². The fraction of sp³-hybridized carbons (Fsp3) is 0.375. The molecule has 0 bridgehead atoms.